The third kappa shape index (κ3) is 4.32. The number of ether oxygens (including phenoxy) is 1. The summed E-state index contributed by atoms with van der Waals surface area (Å²) in [7, 11) is -0.648. The number of nitrogens with zero attached hydrogens (tertiary/aromatic N) is 3. The van der Waals surface area contributed by atoms with E-state index in [0.29, 0.717) is 12.1 Å². The van der Waals surface area contributed by atoms with Crippen LogP contribution in [0, 0.1) is 0 Å². The van der Waals surface area contributed by atoms with E-state index in [9.17, 15) is 13.2 Å². The van der Waals surface area contributed by atoms with E-state index in [1.807, 2.05) is 36.4 Å². The van der Waals surface area contributed by atoms with Crippen LogP contribution in [0.3, 0.4) is 0 Å². The molecule has 0 fully saturated rings. The third-order valence-electron chi connectivity index (χ3n) is 5.51. The van der Waals surface area contributed by atoms with Crippen molar-refractivity contribution in [1.29, 1.82) is 0 Å². The Balaban J connectivity index is 1.83. The first-order chi connectivity index (χ1) is 14.9. The molecule has 0 aliphatic carbocycles. The highest BCUT2D eigenvalue weighted by molar-refractivity contribution is 7.89. The second-order valence-corrected chi connectivity index (χ2v) is 9.67. The van der Waals surface area contributed by atoms with E-state index in [2.05, 4.69) is 4.98 Å². The zero-order valence-corrected chi connectivity index (χ0v) is 18.4. The van der Waals surface area contributed by atoms with Crippen molar-refractivity contribution in [2.24, 2.45) is 0 Å². The van der Waals surface area contributed by atoms with Crippen LogP contribution >= 0.6 is 0 Å². The number of benzene rings is 2. The first kappa shape index (κ1) is 21.4. The molecule has 0 saturated heterocycles. The molecule has 1 amide bonds. The van der Waals surface area contributed by atoms with Gasteiger partial charge in [-0.15, -0.1) is 0 Å². The van der Waals surface area contributed by atoms with Crippen molar-refractivity contribution < 1.29 is 17.9 Å². The van der Waals surface area contributed by atoms with Crippen LogP contribution in [0.15, 0.2) is 65.7 Å². The van der Waals surface area contributed by atoms with Gasteiger partial charge in [-0.1, -0.05) is 42.5 Å². The Labute approximate surface area is 182 Å². The molecule has 2 aromatic carbocycles. The number of hydrogen-bond acceptors (Lipinski definition) is 5. The van der Waals surface area contributed by atoms with Crippen molar-refractivity contribution in [1.82, 2.24) is 14.2 Å². The van der Waals surface area contributed by atoms with E-state index in [0.717, 1.165) is 16.5 Å². The Morgan fingerprint density at radius 2 is 1.84 bits per heavy atom. The molecule has 1 aliphatic rings. The van der Waals surface area contributed by atoms with Crippen molar-refractivity contribution >= 4 is 26.8 Å². The molecule has 0 saturated carbocycles. The summed E-state index contributed by atoms with van der Waals surface area (Å²) < 4.78 is 35.1. The number of fused-ring (bicyclic) bond motifs is 2. The molecule has 1 aromatic heterocycles. The van der Waals surface area contributed by atoms with E-state index < -0.39 is 16.1 Å². The molecule has 0 bridgehead atoms. The third-order valence-corrected chi connectivity index (χ3v) is 7.44. The first-order valence-electron chi connectivity index (χ1n) is 10.1. The molecular weight excluding hydrogens is 414 g/mol. The maximum atomic E-state index is 13.9. The lowest BCUT2D eigenvalue weighted by Crippen LogP contribution is -2.46. The summed E-state index contributed by atoms with van der Waals surface area (Å²) in [6, 6.07) is 15.7. The predicted molar refractivity (Wildman–Crippen MR) is 118 cm³/mol. The summed E-state index contributed by atoms with van der Waals surface area (Å²) in [4.78, 5) is 18.4. The molecule has 0 N–H and O–H groups in total. The average Bonchev–Trinajstić information content (AvgIpc) is 2.75. The summed E-state index contributed by atoms with van der Waals surface area (Å²) in [6.45, 7) is 0.675. The fourth-order valence-electron chi connectivity index (χ4n) is 3.77. The van der Waals surface area contributed by atoms with Gasteiger partial charge in [0.15, 0.2) is 0 Å². The van der Waals surface area contributed by atoms with E-state index in [-0.39, 0.29) is 30.4 Å². The lowest BCUT2D eigenvalue weighted by molar-refractivity contribution is -0.130. The van der Waals surface area contributed by atoms with Gasteiger partial charge in [0, 0.05) is 38.6 Å². The molecule has 8 heteroatoms. The predicted octanol–water partition coefficient (Wildman–Crippen LogP) is 2.80. The molecule has 0 unspecified atom stereocenters. The van der Waals surface area contributed by atoms with Crippen LogP contribution in [0.5, 0.6) is 0 Å². The van der Waals surface area contributed by atoms with Crippen molar-refractivity contribution in [3.05, 3.63) is 71.9 Å². The number of sulfonamides is 1. The van der Waals surface area contributed by atoms with E-state index in [1.165, 1.54) is 9.21 Å². The van der Waals surface area contributed by atoms with Gasteiger partial charge in [-0.2, -0.15) is 4.31 Å². The summed E-state index contributed by atoms with van der Waals surface area (Å²) in [5, 5.41) is 0.744. The van der Waals surface area contributed by atoms with Crippen molar-refractivity contribution in [3.8, 4) is 0 Å². The van der Waals surface area contributed by atoms with E-state index in [4.69, 9.17) is 4.74 Å². The number of rotatable bonds is 4. The maximum absolute atomic E-state index is 13.9. The lowest BCUT2D eigenvalue weighted by atomic mass is 10.1. The monoisotopic (exact) mass is 439 g/mol. The first-order valence-corrected chi connectivity index (χ1v) is 11.5. The lowest BCUT2D eigenvalue weighted by Gasteiger charge is -2.33. The second kappa shape index (κ2) is 8.74. The fraction of sp³-hybridized carbons (Fsp3) is 0.304. The van der Waals surface area contributed by atoms with Crippen LogP contribution < -0.4 is 0 Å². The SMILES string of the molecule is CN(C)C(=O)C[C@@H]1COCc2ccccc2CN1S(=O)(=O)c1cccc2cccnc12. The highest BCUT2D eigenvalue weighted by Gasteiger charge is 2.36. The Kier molecular flexibility index (Phi) is 6.04. The van der Waals surface area contributed by atoms with Gasteiger partial charge in [0.2, 0.25) is 15.9 Å². The molecular formula is C23H25N3O4S. The Bertz CT molecular complexity index is 1200. The zero-order chi connectivity index (χ0) is 22.0. The van der Waals surface area contributed by atoms with Crippen LogP contribution in [0.1, 0.15) is 17.5 Å². The van der Waals surface area contributed by atoms with Crippen LogP contribution in [-0.4, -0.2) is 55.3 Å². The molecule has 4 rings (SSSR count). The highest BCUT2D eigenvalue weighted by Crippen LogP contribution is 2.30. The molecule has 3 aromatic rings. The van der Waals surface area contributed by atoms with Gasteiger partial charge in [0.05, 0.1) is 24.8 Å². The molecule has 0 spiro atoms. The fourth-order valence-corrected chi connectivity index (χ4v) is 5.53. The standard InChI is InChI=1S/C23H25N3O4S/c1-25(2)22(27)13-20-16-30-15-19-8-4-3-7-18(19)14-26(20)31(28,29)21-11-5-9-17-10-6-12-24-23(17)21/h3-12,20H,13-16H2,1-2H3/t20-/m1/s1. The Hall–Kier alpha value is -2.81. The largest absolute Gasteiger partial charge is 0.375 e. The molecule has 1 aliphatic heterocycles. The topological polar surface area (TPSA) is 79.8 Å². The molecule has 162 valence electrons. The zero-order valence-electron chi connectivity index (χ0n) is 17.6. The Morgan fingerprint density at radius 1 is 1.10 bits per heavy atom. The van der Waals surface area contributed by atoms with Crippen LogP contribution in [-0.2, 0) is 32.7 Å². The number of para-hydroxylation sites is 1. The number of aromatic nitrogens is 1. The van der Waals surface area contributed by atoms with Crippen molar-refractivity contribution in [2.75, 3.05) is 20.7 Å². The van der Waals surface area contributed by atoms with E-state index in [1.54, 1.807) is 38.5 Å². The smallest absolute Gasteiger partial charge is 0.245 e. The van der Waals surface area contributed by atoms with E-state index >= 15 is 0 Å². The highest BCUT2D eigenvalue weighted by atomic mass is 32.2. The summed E-state index contributed by atoms with van der Waals surface area (Å²) in [6.07, 6.45) is 1.62. The molecule has 7 nitrogen and oxygen atoms in total. The number of pyridine rings is 1. The number of amides is 1. The van der Waals surface area contributed by atoms with Gasteiger partial charge in [0.1, 0.15) is 4.90 Å². The molecule has 0 radical (unpaired) electrons. The minimum Gasteiger partial charge on any atom is -0.375 e. The van der Waals surface area contributed by atoms with Gasteiger partial charge in [0.25, 0.3) is 0 Å². The van der Waals surface area contributed by atoms with Crippen LogP contribution in [0.4, 0.5) is 0 Å². The maximum Gasteiger partial charge on any atom is 0.245 e. The van der Waals surface area contributed by atoms with Gasteiger partial charge in [-0.3, -0.25) is 9.78 Å². The van der Waals surface area contributed by atoms with Crippen LogP contribution in [0.25, 0.3) is 10.9 Å². The normalized spacial score (nSPS) is 17.5. The van der Waals surface area contributed by atoms with Crippen molar-refractivity contribution in [2.45, 2.75) is 30.5 Å². The van der Waals surface area contributed by atoms with Crippen molar-refractivity contribution in [3.63, 3.8) is 0 Å². The summed E-state index contributed by atoms with van der Waals surface area (Å²) in [5.74, 6) is -0.154. The van der Waals surface area contributed by atoms with Gasteiger partial charge < -0.3 is 9.64 Å². The van der Waals surface area contributed by atoms with Crippen LogP contribution in [0.2, 0.25) is 0 Å². The minimum absolute atomic E-state index is 0.0343. The minimum atomic E-state index is -3.97. The number of hydrogen-bond donors (Lipinski definition) is 0. The number of carbonyl (C=O) groups is 1. The Morgan fingerprint density at radius 3 is 2.61 bits per heavy atom. The quantitative estimate of drug-likeness (QED) is 0.625. The second-order valence-electron chi connectivity index (χ2n) is 7.81. The molecule has 1 atom stereocenters. The molecule has 2 heterocycles. The summed E-state index contributed by atoms with van der Waals surface area (Å²) in [5.41, 5.74) is 2.22. The van der Waals surface area contributed by atoms with Gasteiger partial charge >= 0.3 is 0 Å². The summed E-state index contributed by atoms with van der Waals surface area (Å²) >= 11 is 0. The van der Waals surface area contributed by atoms with Gasteiger partial charge in [-0.25, -0.2) is 8.42 Å². The van der Waals surface area contributed by atoms with Gasteiger partial charge in [-0.05, 0) is 23.3 Å². The average molecular weight is 440 g/mol. The number of carbonyl (C=O) groups excluding carboxylic acids is 1. The molecule has 31 heavy (non-hydrogen) atoms.